The second-order valence-electron chi connectivity index (χ2n) is 4.17. The molecule has 1 heterocycles. The number of halogens is 1. The van der Waals surface area contributed by atoms with Gasteiger partial charge in [0.1, 0.15) is 5.82 Å². The average molecular weight is 233 g/mol. The number of rotatable bonds is 3. The van der Waals surface area contributed by atoms with Gasteiger partial charge in [-0.15, -0.1) is 0 Å². The van der Waals surface area contributed by atoms with Crippen molar-refractivity contribution in [1.29, 1.82) is 0 Å². The Morgan fingerprint density at radius 3 is 2.71 bits per heavy atom. The molecule has 3 nitrogen and oxygen atoms in total. The molecule has 0 radical (unpaired) electrons. The molecule has 0 fully saturated rings. The summed E-state index contributed by atoms with van der Waals surface area (Å²) >= 11 is 0. The Morgan fingerprint density at radius 1 is 1.35 bits per heavy atom. The second kappa shape index (κ2) is 4.67. The van der Waals surface area contributed by atoms with Crippen LogP contribution in [0.3, 0.4) is 0 Å². The molecule has 0 spiro atoms. The average Bonchev–Trinajstić information content (AvgIpc) is 2.64. The van der Waals surface area contributed by atoms with Crippen molar-refractivity contribution in [2.45, 2.75) is 26.9 Å². The van der Waals surface area contributed by atoms with Crippen molar-refractivity contribution < 1.29 is 4.39 Å². The third-order valence-electron chi connectivity index (χ3n) is 3.03. The van der Waals surface area contributed by atoms with Crippen LogP contribution in [0.5, 0.6) is 0 Å². The summed E-state index contributed by atoms with van der Waals surface area (Å²) in [5.74, 6) is -0.201. The first kappa shape index (κ1) is 11.8. The van der Waals surface area contributed by atoms with Gasteiger partial charge in [0, 0.05) is 17.8 Å². The SMILES string of the molecule is Cc1ncn(Cc2cc(CN)ccc2F)c1C. The minimum atomic E-state index is -0.201. The maximum Gasteiger partial charge on any atom is 0.128 e. The first-order chi connectivity index (χ1) is 8.11. The Kier molecular flexibility index (Phi) is 3.24. The van der Waals surface area contributed by atoms with Crippen LogP contribution in [0.15, 0.2) is 24.5 Å². The van der Waals surface area contributed by atoms with Crippen molar-refractivity contribution in [3.63, 3.8) is 0 Å². The molecule has 0 atom stereocenters. The molecule has 2 aromatic rings. The molecule has 1 aromatic carbocycles. The monoisotopic (exact) mass is 233 g/mol. The van der Waals surface area contributed by atoms with Crippen LogP contribution < -0.4 is 5.73 Å². The smallest absolute Gasteiger partial charge is 0.128 e. The number of imidazole rings is 1. The molecule has 0 bridgehead atoms. The van der Waals surface area contributed by atoms with E-state index in [-0.39, 0.29) is 5.82 Å². The van der Waals surface area contributed by atoms with Gasteiger partial charge in [-0.05, 0) is 31.5 Å². The van der Waals surface area contributed by atoms with Gasteiger partial charge in [0.2, 0.25) is 0 Å². The molecule has 90 valence electrons. The highest BCUT2D eigenvalue weighted by Crippen LogP contribution is 2.14. The van der Waals surface area contributed by atoms with Gasteiger partial charge in [-0.2, -0.15) is 0 Å². The maximum atomic E-state index is 13.7. The molecule has 1 aromatic heterocycles. The predicted octanol–water partition coefficient (Wildman–Crippen LogP) is 2.15. The zero-order valence-corrected chi connectivity index (χ0v) is 10.1. The Labute approximate surface area is 100 Å². The Bertz CT molecular complexity index is 531. The molecule has 2 N–H and O–H groups in total. The standard InChI is InChI=1S/C13H16FN3/c1-9-10(2)17(8-16-9)7-12-5-11(6-15)3-4-13(12)14/h3-5,8H,6-7,15H2,1-2H3. The summed E-state index contributed by atoms with van der Waals surface area (Å²) in [5.41, 5.74) is 9.17. The van der Waals surface area contributed by atoms with Crippen molar-refractivity contribution in [3.05, 3.63) is 52.9 Å². The van der Waals surface area contributed by atoms with E-state index < -0.39 is 0 Å². The molecule has 0 aliphatic rings. The fourth-order valence-corrected chi connectivity index (χ4v) is 1.76. The van der Waals surface area contributed by atoms with E-state index in [2.05, 4.69) is 4.98 Å². The lowest BCUT2D eigenvalue weighted by atomic mass is 10.1. The summed E-state index contributed by atoms with van der Waals surface area (Å²) in [6, 6.07) is 4.99. The molecule has 17 heavy (non-hydrogen) atoms. The van der Waals surface area contributed by atoms with E-state index in [0.717, 1.165) is 17.0 Å². The van der Waals surface area contributed by atoms with Crippen molar-refractivity contribution >= 4 is 0 Å². The van der Waals surface area contributed by atoms with Crippen LogP contribution in [-0.2, 0) is 13.1 Å². The normalized spacial score (nSPS) is 10.8. The van der Waals surface area contributed by atoms with Gasteiger partial charge in [0.15, 0.2) is 0 Å². The highest BCUT2D eigenvalue weighted by atomic mass is 19.1. The van der Waals surface area contributed by atoms with Crippen molar-refractivity contribution in [2.75, 3.05) is 0 Å². The Hall–Kier alpha value is -1.68. The number of hydrogen-bond donors (Lipinski definition) is 1. The first-order valence-electron chi connectivity index (χ1n) is 5.57. The van der Waals surface area contributed by atoms with Gasteiger partial charge in [-0.1, -0.05) is 6.07 Å². The molecule has 0 aliphatic heterocycles. The number of nitrogens with two attached hydrogens (primary N) is 1. The van der Waals surface area contributed by atoms with Crippen LogP contribution in [0.25, 0.3) is 0 Å². The van der Waals surface area contributed by atoms with Gasteiger partial charge in [-0.3, -0.25) is 0 Å². The first-order valence-corrected chi connectivity index (χ1v) is 5.57. The zero-order valence-electron chi connectivity index (χ0n) is 10.1. The van der Waals surface area contributed by atoms with Crippen LogP contribution in [-0.4, -0.2) is 9.55 Å². The second-order valence-corrected chi connectivity index (χ2v) is 4.17. The van der Waals surface area contributed by atoms with E-state index in [1.54, 1.807) is 12.4 Å². The largest absolute Gasteiger partial charge is 0.330 e. The Balaban J connectivity index is 2.32. The van der Waals surface area contributed by atoms with E-state index in [4.69, 9.17) is 5.73 Å². The minimum absolute atomic E-state index is 0.201. The molecule has 0 saturated heterocycles. The summed E-state index contributed by atoms with van der Waals surface area (Å²) < 4.78 is 15.6. The summed E-state index contributed by atoms with van der Waals surface area (Å²) in [6.07, 6.45) is 1.74. The zero-order chi connectivity index (χ0) is 12.4. The summed E-state index contributed by atoms with van der Waals surface area (Å²) in [5, 5.41) is 0. The molecule has 2 rings (SSSR count). The van der Waals surface area contributed by atoms with Crippen LogP contribution in [0.2, 0.25) is 0 Å². The number of benzene rings is 1. The fraction of sp³-hybridized carbons (Fsp3) is 0.308. The van der Waals surface area contributed by atoms with Crippen LogP contribution in [0.4, 0.5) is 4.39 Å². The van der Waals surface area contributed by atoms with Gasteiger partial charge >= 0.3 is 0 Å². The number of aryl methyl sites for hydroxylation is 1. The summed E-state index contributed by atoms with van der Waals surface area (Å²) in [7, 11) is 0. The highest BCUT2D eigenvalue weighted by molar-refractivity contribution is 5.26. The van der Waals surface area contributed by atoms with Gasteiger partial charge in [0.25, 0.3) is 0 Å². The predicted molar refractivity (Wildman–Crippen MR) is 65.1 cm³/mol. The maximum absolute atomic E-state index is 13.7. The minimum Gasteiger partial charge on any atom is -0.330 e. The van der Waals surface area contributed by atoms with E-state index in [1.165, 1.54) is 6.07 Å². The lowest BCUT2D eigenvalue weighted by Gasteiger charge is -2.08. The third kappa shape index (κ3) is 2.36. The molecule has 0 amide bonds. The van der Waals surface area contributed by atoms with Crippen LogP contribution in [0.1, 0.15) is 22.5 Å². The van der Waals surface area contributed by atoms with Crippen molar-refractivity contribution in [1.82, 2.24) is 9.55 Å². The van der Waals surface area contributed by atoms with E-state index in [1.807, 2.05) is 24.5 Å². The topological polar surface area (TPSA) is 43.8 Å². The summed E-state index contributed by atoms with van der Waals surface area (Å²) in [6.45, 7) is 4.84. The molecular formula is C13H16FN3. The van der Waals surface area contributed by atoms with Gasteiger partial charge in [0.05, 0.1) is 18.6 Å². The third-order valence-corrected chi connectivity index (χ3v) is 3.03. The number of nitrogens with zero attached hydrogens (tertiary/aromatic N) is 2. The van der Waals surface area contributed by atoms with Crippen molar-refractivity contribution in [2.24, 2.45) is 5.73 Å². The number of aromatic nitrogens is 2. The molecule has 0 aliphatic carbocycles. The highest BCUT2D eigenvalue weighted by Gasteiger charge is 2.07. The molecule has 0 unspecified atom stereocenters. The lowest BCUT2D eigenvalue weighted by Crippen LogP contribution is -2.05. The van der Waals surface area contributed by atoms with Crippen LogP contribution >= 0.6 is 0 Å². The molecule has 0 saturated carbocycles. The quantitative estimate of drug-likeness (QED) is 0.882. The van der Waals surface area contributed by atoms with E-state index >= 15 is 0 Å². The van der Waals surface area contributed by atoms with E-state index in [0.29, 0.717) is 18.7 Å². The lowest BCUT2D eigenvalue weighted by molar-refractivity contribution is 0.596. The van der Waals surface area contributed by atoms with Crippen LogP contribution in [0, 0.1) is 19.7 Å². The molecule has 4 heteroatoms. The summed E-state index contributed by atoms with van der Waals surface area (Å²) in [4.78, 5) is 4.20. The fourth-order valence-electron chi connectivity index (χ4n) is 1.76. The Morgan fingerprint density at radius 2 is 2.12 bits per heavy atom. The number of hydrogen-bond acceptors (Lipinski definition) is 2. The van der Waals surface area contributed by atoms with E-state index in [9.17, 15) is 4.39 Å². The van der Waals surface area contributed by atoms with Crippen molar-refractivity contribution in [3.8, 4) is 0 Å². The van der Waals surface area contributed by atoms with Gasteiger partial charge in [-0.25, -0.2) is 9.37 Å². The van der Waals surface area contributed by atoms with Gasteiger partial charge < -0.3 is 10.3 Å². The molecular weight excluding hydrogens is 217 g/mol.